The summed E-state index contributed by atoms with van der Waals surface area (Å²) in [5, 5.41) is 6.71. The number of benzene rings is 1. The minimum Gasteiger partial charge on any atom is -0.490 e. The van der Waals surface area contributed by atoms with Crippen molar-refractivity contribution in [3.63, 3.8) is 0 Å². The van der Waals surface area contributed by atoms with Crippen LogP contribution < -0.4 is 15.4 Å². The molecule has 0 aromatic heterocycles. The van der Waals surface area contributed by atoms with Gasteiger partial charge in [0.1, 0.15) is 12.4 Å². The number of anilines is 1. The zero-order valence-corrected chi connectivity index (χ0v) is 18.1. The Kier molecular flexibility index (Phi) is 9.88. The minimum atomic E-state index is 0. The largest absolute Gasteiger partial charge is 0.490 e. The Balaban J connectivity index is 0.00000182. The number of carbonyl (C=O) groups excluding carboxylic acids is 1. The van der Waals surface area contributed by atoms with E-state index < -0.39 is 0 Å². The number of likely N-dealkylation sites (N-methyl/N-ethyl adjacent to an activating group) is 1. The molecule has 3 rings (SSSR count). The predicted octanol–water partition coefficient (Wildman–Crippen LogP) is 3.64. The molecule has 2 aliphatic rings. The van der Waals surface area contributed by atoms with E-state index >= 15 is 0 Å². The third-order valence-electron chi connectivity index (χ3n) is 5.25. The molecule has 2 saturated heterocycles. The van der Waals surface area contributed by atoms with E-state index in [4.69, 9.17) is 4.74 Å². The normalized spacial score (nSPS) is 23.3. The summed E-state index contributed by atoms with van der Waals surface area (Å²) in [4.78, 5) is 14.6. The molecule has 2 fully saturated rings. The first-order valence-corrected chi connectivity index (χ1v) is 9.43. The van der Waals surface area contributed by atoms with Gasteiger partial charge in [-0.15, -0.1) is 24.8 Å². The second kappa shape index (κ2) is 11.1. The zero-order chi connectivity index (χ0) is 17.8. The SMILES string of the molecule is Cc1ccc(NC(=O)CC2CC3CCC(C2)N3)c(OCCN(C)C)c1.Cl.Cl. The molecule has 1 amide bonds. The van der Waals surface area contributed by atoms with Gasteiger partial charge in [0.25, 0.3) is 0 Å². The molecule has 2 N–H and O–H groups in total. The summed E-state index contributed by atoms with van der Waals surface area (Å²) in [5.74, 6) is 1.37. The van der Waals surface area contributed by atoms with Gasteiger partial charge in [-0.25, -0.2) is 0 Å². The Labute approximate surface area is 175 Å². The van der Waals surface area contributed by atoms with Crippen LogP contribution in [0.5, 0.6) is 5.75 Å². The van der Waals surface area contributed by atoms with E-state index in [0.717, 1.165) is 36.4 Å². The molecule has 5 nitrogen and oxygen atoms in total. The number of rotatable bonds is 7. The number of ether oxygens (including phenoxy) is 1. The fourth-order valence-corrected chi connectivity index (χ4v) is 4.00. The molecule has 0 aliphatic carbocycles. The highest BCUT2D eigenvalue weighted by molar-refractivity contribution is 5.92. The van der Waals surface area contributed by atoms with Gasteiger partial charge in [0.05, 0.1) is 5.69 Å². The highest BCUT2D eigenvalue weighted by atomic mass is 35.5. The lowest BCUT2D eigenvalue weighted by Gasteiger charge is -2.28. The van der Waals surface area contributed by atoms with Crippen molar-refractivity contribution in [3.05, 3.63) is 23.8 Å². The molecule has 0 spiro atoms. The molecular formula is C20H33Cl2N3O2. The average Bonchev–Trinajstić information content (AvgIpc) is 2.88. The quantitative estimate of drug-likeness (QED) is 0.710. The van der Waals surface area contributed by atoms with Crippen LogP contribution in [0.25, 0.3) is 0 Å². The van der Waals surface area contributed by atoms with Crippen LogP contribution in [-0.2, 0) is 4.79 Å². The lowest BCUT2D eigenvalue weighted by molar-refractivity contribution is -0.117. The van der Waals surface area contributed by atoms with Gasteiger partial charge in [0, 0.05) is 25.0 Å². The van der Waals surface area contributed by atoms with Crippen LogP contribution in [-0.4, -0.2) is 50.1 Å². The van der Waals surface area contributed by atoms with Gasteiger partial charge in [-0.3, -0.25) is 4.79 Å². The first-order valence-electron chi connectivity index (χ1n) is 9.43. The Bertz CT molecular complexity index is 601. The van der Waals surface area contributed by atoms with Crippen LogP contribution in [0.2, 0.25) is 0 Å². The van der Waals surface area contributed by atoms with Crippen molar-refractivity contribution in [2.24, 2.45) is 5.92 Å². The molecule has 0 saturated carbocycles. The van der Waals surface area contributed by atoms with E-state index in [1.165, 1.54) is 12.8 Å². The van der Waals surface area contributed by atoms with Crippen molar-refractivity contribution < 1.29 is 9.53 Å². The van der Waals surface area contributed by atoms with Crippen LogP contribution in [0, 0.1) is 12.8 Å². The summed E-state index contributed by atoms with van der Waals surface area (Å²) >= 11 is 0. The molecule has 2 heterocycles. The number of amides is 1. The Morgan fingerprint density at radius 2 is 1.89 bits per heavy atom. The van der Waals surface area contributed by atoms with Crippen LogP contribution in [0.3, 0.4) is 0 Å². The van der Waals surface area contributed by atoms with Gasteiger partial charge in [-0.05, 0) is 70.3 Å². The average molecular weight is 418 g/mol. The topological polar surface area (TPSA) is 53.6 Å². The number of hydrogen-bond donors (Lipinski definition) is 2. The number of nitrogens with one attached hydrogen (secondary N) is 2. The smallest absolute Gasteiger partial charge is 0.224 e. The molecule has 2 aliphatic heterocycles. The van der Waals surface area contributed by atoms with Gasteiger partial charge in [0.15, 0.2) is 0 Å². The molecule has 1 aromatic carbocycles. The summed E-state index contributed by atoms with van der Waals surface area (Å²) in [5.41, 5.74) is 1.92. The van der Waals surface area contributed by atoms with Gasteiger partial charge in [-0.2, -0.15) is 0 Å². The number of nitrogens with zero attached hydrogens (tertiary/aromatic N) is 1. The van der Waals surface area contributed by atoms with Crippen molar-refractivity contribution in [2.45, 2.75) is 51.1 Å². The van der Waals surface area contributed by atoms with E-state index in [2.05, 4.69) is 15.5 Å². The number of hydrogen-bond acceptors (Lipinski definition) is 4. The maximum Gasteiger partial charge on any atom is 0.224 e. The van der Waals surface area contributed by atoms with E-state index in [-0.39, 0.29) is 30.7 Å². The third kappa shape index (κ3) is 7.15. The number of fused-ring (bicyclic) bond motifs is 2. The van der Waals surface area contributed by atoms with Crippen molar-refractivity contribution >= 4 is 36.4 Å². The number of carbonyl (C=O) groups is 1. The molecule has 7 heteroatoms. The predicted molar refractivity (Wildman–Crippen MR) is 116 cm³/mol. The van der Waals surface area contributed by atoms with Crippen molar-refractivity contribution in [3.8, 4) is 5.75 Å². The monoisotopic (exact) mass is 417 g/mol. The molecule has 2 atom stereocenters. The Morgan fingerprint density at radius 3 is 2.52 bits per heavy atom. The number of piperidine rings is 1. The van der Waals surface area contributed by atoms with Crippen LogP contribution >= 0.6 is 24.8 Å². The zero-order valence-electron chi connectivity index (χ0n) is 16.5. The highest BCUT2D eigenvalue weighted by Crippen LogP contribution is 2.33. The van der Waals surface area contributed by atoms with Crippen molar-refractivity contribution in [1.82, 2.24) is 10.2 Å². The van der Waals surface area contributed by atoms with Crippen molar-refractivity contribution in [2.75, 3.05) is 32.6 Å². The fraction of sp³-hybridized carbons (Fsp3) is 0.650. The lowest BCUT2D eigenvalue weighted by atomic mass is 9.89. The highest BCUT2D eigenvalue weighted by Gasteiger charge is 2.34. The van der Waals surface area contributed by atoms with Gasteiger partial charge >= 0.3 is 0 Å². The van der Waals surface area contributed by atoms with Gasteiger partial charge in [-0.1, -0.05) is 6.07 Å². The summed E-state index contributed by atoms with van der Waals surface area (Å²) in [6.07, 6.45) is 5.41. The molecule has 2 bridgehead atoms. The molecule has 27 heavy (non-hydrogen) atoms. The van der Waals surface area contributed by atoms with E-state index in [1.54, 1.807) is 0 Å². The maximum absolute atomic E-state index is 12.5. The minimum absolute atomic E-state index is 0. The Hall–Kier alpha value is -1.01. The standard InChI is InChI=1S/C20H31N3O2.2ClH/c1-14-4-7-18(19(10-14)25-9-8-23(2)3)22-20(24)13-15-11-16-5-6-17(12-15)21-16;;/h4,7,10,15-17,21H,5-6,8-9,11-13H2,1-3H3,(H,22,24);2*1H. The molecule has 154 valence electrons. The van der Waals surface area contributed by atoms with Crippen LogP contribution in [0.1, 0.15) is 37.7 Å². The molecule has 1 aromatic rings. The summed E-state index contributed by atoms with van der Waals surface area (Å²) in [7, 11) is 4.04. The molecular weight excluding hydrogens is 385 g/mol. The van der Waals surface area contributed by atoms with E-state index in [0.29, 0.717) is 31.0 Å². The van der Waals surface area contributed by atoms with Crippen molar-refractivity contribution in [1.29, 1.82) is 0 Å². The first kappa shape index (κ1) is 24.0. The first-order chi connectivity index (χ1) is 12.0. The summed E-state index contributed by atoms with van der Waals surface area (Å²) in [6, 6.07) is 7.21. The van der Waals surface area contributed by atoms with E-state index in [1.807, 2.05) is 39.2 Å². The Morgan fingerprint density at radius 1 is 1.22 bits per heavy atom. The van der Waals surface area contributed by atoms with E-state index in [9.17, 15) is 4.79 Å². The van der Waals surface area contributed by atoms with Gasteiger partial charge < -0.3 is 20.3 Å². The molecule has 0 radical (unpaired) electrons. The summed E-state index contributed by atoms with van der Waals surface area (Å²) < 4.78 is 5.90. The number of aryl methyl sites for hydroxylation is 1. The fourth-order valence-electron chi connectivity index (χ4n) is 4.00. The lowest BCUT2D eigenvalue weighted by Crippen LogP contribution is -2.39. The second-order valence-electron chi connectivity index (χ2n) is 7.88. The number of halogens is 2. The van der Waals surface area contributed by atoms with Crippen LogP contribution in [0.15, 0.2) is 18.2 Å². The third-order valence-corrected chi connectivity index (χ3v) is 5.25. The molecule has 2 unspecified atom stereocenters. The summed E-state index contributed by atoms with van der Waals surface area (Å²) in [6.45, 7) is 3.49. The maximum atomic E-state index is 12.5. The second-order valence-corrected chi connectivity index (χ2v) is 7.88. The van der Waals surface area contributed by atoms with Gasteiger partial charge in [0.2, 0.25) is 5.91 Å². The van der Waals surface area contributed by atoms with Crippen LogP contribution in [0.4, 0.5) is 5.69 Å².